The number of hydrogen-bond acceptors (Lipinski definition) is 3. The van der Waals surface area contributed by atoms with E-state index in [1.807, 2.05) is 11.8 Å². The molecule has 16 heavy (non-hydrogen) atoms. The maximum atomic E-state index is 5.71. The van der Waals surface area contributed by atoms with Crippen LogP contribution in [0.3, 0.4) is 0 Å². The van der Waals surface area contributed by atoms with Crippen LogP contribution in [-0.2, 0) is 6.54 Å². The van der Waals surface area contributed by atoms with Crippen molar-refractivity contribution in [3.63, 3.8) is 0 Å². The molecule has 0 bridgehead atoms. The molecule has 2 aromatic rings. The third-order valence-corrected chi connectivity index (χ3v) is 4.12. The Balaban J connectivity index is 2.27. The molecule has 0 atom stereocenters. The summed E-state index contributed by atoms with van der Waals surface area (Å²) in [4.78, 5) is 1.33. The molecule has 3 heteroatoms. The number of benzene rings is 1. The summed E-state index contributed by atoms with van der Waals surface area (Å²) >= 11 is 3.58. The first-order chi connectivity index (χ1) is 7.85. The molecule has 0 saturated carbocycles. The lowest BCUT2D eigenvalue weighted by Gasteiger charge is -2.03. The van der Waals surface area contributed by atoms with Crippen LogP contribution in [0.1, 0.15) is 12.5 Å². The molecule has 0 amide bonds. The second kappa shape index (κ2) is 5.53. The van der Waals surface area contributed by atoms with Gasteiger partial charge in [0, 0.05) is 11.4 Å². The minimum atomic E-state index is 0.615. The van der Waals surface area contributed by atoms with Crippen LogP contribution in [0.5, 0.6) is 0 Å². The largest absolute Gasteiger partial charge is 0.326 e. The Morgan fingerprint density at radius 1 is 1.19 bits per heavy atom. The van der Waals surface area contributed by atoms with Crippen molar-refractivity contribution in [2.45, 2.75) is 18.4 Å². The lowest BCUT2D eigenvalue weighted by atomic mass is 10.1. The number of thioether (sulfide) groups is 1. The van der Waals surface area contributed by atoms with Crippen LogP contribution in [0.2, 0.25) is 0 Å². The minimum absolute atomic E-state index is 0.615. The van der Waals surface area contributed by atoms with Gasteiger partial charge in [0.1, 0.15) is 0 Å². The highest BCUT2D eigenvalue weighted by atomic mass is 32.2. The lowest BCUT2D eigenvalue weighted by Crippen LogP contribution is -1.95. The highest BCUT2D eigenvalue weighted by molar-refractivity contribution is 7.99. The Morgan fingerprint density at radius 3 is 2.56 bits per heavy atom. The Bertz CT molecular complexity index is 445. The summed E-state index contributed by atoms with van der Waals surface area (Å²) in [7, 11) is 0. The SMILES string of the molecule is CCSc1ccc(-c2cscc2CN)cc1. The van der Waals surface area contributed by atoms with Crippen LogP contribution in [0, 0.1) is 0 Å². The molecule has 1 heterocycles. The molecule has 0 aliphatic heterocycles. The van der Waals surface area contributed by atoms with Crippen LogP contribution < -0.4 is 5.73 Å². The predicted octanol–water partition coefficient (Wildman–Crippen LogP) is 3.99. The average molecular weight is 249 g/mol. The van der Waals surface area contributed by atoms with Crippen molar-refractivity contribution >= 4 is 23.1 Å². The fourth-order valence-electron chi connectivity index (χ4n) is 1.63. The van der Waals surface area contributed by atoms with Crippen LogP contribution in [0.25, 0.3) is 11.1 Å². The Labute approximate surface area is 105 Å². The van der Waals surface area contributed by atoms with E-state index in [9.17, 15) is 0 Å². The molecule has 0 unspecified atom stereocenters. The second-order valence-corrected chi connectivity index (χ2v) is 5.55. The van der Waals surface area contributed by atoms with Gasteiger partial charge in [-0.15, -0.1) is 11.8 Å². The number of thiophene rings is 1. The molecule has 1 nitrogen and oxygen atoms in total. The van der Waals surface area contributed by atoms with Gasteiger partial charge in [0.05, 0.1) is 0 Å². The minimum Gasteiger partial charge on any atom is -0.326 e. The van der Waals surface area contributed by atoms with Crippen molar-refractivity contribution in [2.24, 2.45) is 5.73 Å². The van der Waals surface area contributed by atoms with Gasteiger partial charge in [-0.2, -0.15) is 11.3 Å². The van der Waals surface area contributed by atoms with Gasteiger partial charge in [0.2, 0.25) is 0 Å². The van der Waals surface area contributed by atoms with Crippen molar-refractivity contribution in [1.82, 2.24) is 0 Å². The summed E-state index contributed by atoms with van der Waals surface area (Å²) in [5.41, 5.74) is 9.49. The molecule has 0 saturated heterocycles. The standard InChI is InChI=1S/C13H15NS2/c1-2-16-12-5-3-10(4-6-12)13-9-15-8-11(13)7-14/h3-6,8-9H,2,7,14H2,1H3. The van der Waals surface area contributed by atoms with Gasteiger partial charge < -0.3 is 5.73 Å². The Hall–Kier alpha value is -0.770. The number of nitrogens with two attached hydrogens (primary N) is 1. The van der Waals surface area contributed by atoms with Crippen LogP contribution >= 0.6 is 23.1 Å². The van der Waals surface area contributed by atoms with Gasteiger partial charge >= 0.3 is 0 Å². The molecule has 0 radical (unpaired) electrons. The van der Waals surface area contributed by atoms with Gasteiger partial charge in [-0.1, -0.05) is 19.1 Å². The normalized spacial score (nSPS) is 10.6. The summed E-state index contributed by atoms with van der Waals surface area (Å²) in [6, 6.07) is 8.72. The van der Waals surface area contributed by atoms with Gasteiger partial charge in [-0.25, -0.2) is 0 Å². The highest BCUT2D eigenvalue weighted by Gasteiger charge is 2.04. The molecular weight excluding hydrogens is 234 g/mol. The van der Waals surface area contributed by atoms with E-state index in [1.54, 1.807) is 11.3 Å². The molecular formula is C13H15NS2. The third kappa shape index (κ3) is 2.48. The zero-order valence-electron chi connectivity index (χ0n) is 9.27. The summed E-state index contributed by atoms with van der Waals surface area (Å²) in [6.45, 7) is 2.79. The summed E-state index contributed by atoms with van der Waals surface area (Å²) in [5, 5.41) is 4.30. The van der Waals surface area contributed by atoms with E-state index < -0.39 is 0 Å². The second-order valence-electron chi connectivity index (χ2n) is 3.47. The maximum Gasteiger partial charge on any atom is 0.0192 e. The summed E-state index contributed by atoms with van der Waals surface area (Å²) in [6.07, 6.45) is 0. The van der Waals surface area contributed by atoms with Crippen molar-refractivity contribution in [3.8, 4) is 11.1 Å². The third-order valence-electron chi connectivity index (χ3n) is 2.44. The first-order valence-corrected chi connectivity index (χ1v) is 7.26. The molecule has 0 spiro atoms. The molecule has 1 aromatic heterocycles. The Morgan fingerprint density at radius 2 is 1.94 bits per heavy atom. The fourth-order valence-corrected chi connectivity index (χ4v) is 3.17. The van der Waals surface area contributed by atoms with E-state index in [2.05, 4.69) is 41.9 Å². The summed E-state index contributed by atoms with van der Waals surface area (Å²) < 4.78 is 0. The van der Waals surface area contributed by atoms with Gasteiger partial charge in [-0.3, -0.25) is 0 Å². The molecule has 0 fully saturated rings. The first-order valence-electron chi connectivity index (χ1n) is 5.33. The zero-order valence-corrected chi connectivity index (χ0v) is 10.9. The van der Waals surface area contributed by atoms with Gasteiger partial charge in [0.15, 0.2) is 0 Å². The van der Waals surface area contributed by atoms with Crippen LogP contribution in [-0.4, -0.2) is 5.75 Å². The smallest absolute Gasteiger partial charge is 0.0192 e. The maximum absolute atomic E-state index is 5.71. The quantitative estimate of drug-likeness (QED) is 0.829. The van der Waals surface area contributed by atoms with E-state index in [-0.39, 0.29) is 0 Å². The molecule has 2 N–H and O–H groups in total. The molecule has 0 aliphatic rings. The number of rotatable bonds is 4. The van der Waals surface area contributed by atoms with E-state index >= 15 is 0 Å². The van der Waals surface area contributed by atoms with Crippen molar-refractivity contribution in [1.29, 1.82) is 0 Å². The molecule has 0 aliphatic carbocycles. The van der Waals surface area contributed by atoms with Crippen molar-refractivity contribution < 1.29 is 0 Å². The summed E-state index contributed by atoms with van der Waals surface area (Å²) in [5.74, 6) is 1.12. The van der Waals surface area contributed by atoms with Gasteiger partial charge in [-0.05, 0) is 45.3 Å². The molecule has 84 valence electrons. The monoisotopic (exact) mass is 249 g/mol. The molecule has 1 aromatic carbocycles. The zero-order chi connectivity index (χ0) is 11.4. The average Bonchev–Trinajstić information content (AvgIpc) is 2.78. The van der Waals surface area contributed by atoms with Crippen molar-refractivity contribution in [2.75, 3.05) is 5.75 Å². The number of hydrogen-bond donors (Lipinski definition) is 1. The first kappa shape index (κ1) is 11.7. The topological polar surface area (TPSA) is 26.0 Å². The Kier molecular flexibility index (Phi) is 4.04. The van der Waals surface area contributed by atoms with Crippen molar-refractivity contribution in [3.05, 3.63) is 40.6 Å². The highest BCUT2D eigenvalue weighted by Crippen LogP contribution is 2.29. The van der Waals surface area contributed by atoms with E-state index in [0.717, 1.165) is 5.75 Å². The fraction of sp³-hybridized carbons (Fsp3) is 0.231. The van der Waals surface area contributed by atoms with Crippen LogP contribution in [0.4, 0.5) is 0 Å². The van der Waals surface area contributed by atoms with E-state index in [4.69, 9.17) is 5.73 Å². The van der Waals surface area contributed by atoms with E-state index in [0.29, 0.717) is 6.54 Å². The van der Waals surface area contributed by atoms with Gasteiger partial charge in [0.25, 0.3) is 0 Å². The van der Waals surface area contributed by atoms with E-state index in [1.165, 1.54) is 21.6 Å². The predicted molar refractivity (Wildman–Crippen MR) is 74.0 cm³/mol. The van der Waals surface area contributed by atoms with Crippen LogP contribution in [0.15, 0.2) is 39.9 Å². The lowest BCUT2D eigenvalue weighted by molar-refractivity contribution is 1.08. The molecule has 2 rings (SSSR count).